The highest BCUT2D eigenvalue weighted by Gasteiger charge is 2.15. The fourth-order valence-corrected chi connectivity index (χ4v) is 4.06. The highest BCUT2D eigenvalue weighted by atomic mass is 19.1. The Labute approximate surface area is 201 Å². The Morgan fingerprint density at radius 2 is 1.77 bits per heavy atom. The third-order valence-electron chi connectivity index (χ3n) is 5.77. The molecular weight excluding hydrogens is 443 g/mol. The quantitative estimate of drug-likeness (QED) is 0.289. The molecule has 0 saturated heterocycles. The minimum absolute atomic E-state index is 0.0940. The van der Waals surface area contributed by atoms with Crippen LogP contribution < -0.4 is 10.1 Å². The van der Waals surface area contributed by atoms with Crippen LogP contribution in [-0.4, -0.2) is 20.9 Å². The van der Waals surface area contributed by atoms with Gasteiger partial charge < -0.3 is 15.0 Å². The van der Waals surface area contributed by atoms with E-state index in [4.69, 9.17) is 4.74 Å². The Morgan fingerprint density at radius 1 is 1.00 bits per heavy atom. The molecule has 2 aromatic heterocycles. The van der Waals surface area contributed by atoms with E-state index in [-0.39, 0.29) is 17.7 Å². The van der Waals surface area contributed by atoms with Crippen LogP contribution in [0.2, 0.25) is 0 Å². The van der Waals surface area contributed by atoms with E-state index in [9.17, 15) is 9.18 Å². The van der Waals surface area contributed by atoms with Gasteiger partial charge in [0.25, 0.3) is 0 Å². The summed E-state index contributed by atoms with van der Waals surface area (Å²) in [6.07, 6.45) is 4.05. The summed E-state index contributed by atoms with van der Waals surface area (Å²) < 4.78 is 19.1. The number of para-hydroxylation sites is 1. The number of aromatic nitrogens is 3. The SMILES string of the molecule is Cc1cc(Oc2ncccn2)ccc1NC(=O)CCc1c(-c2ccc(F)cc2)[nH]c2ccccc12. The molecule has 5 aromatic rings. The van der Waals surface area contributed by atoms with Gasteiger partial charge in [-0.15, -0.1) is 0 Å². The van der Waals surface area contributed by atoms with Crippen molar-refractivity contribution in [1.82, 2.24) is 15.0 Å². The summed E-state index contributed by atoms with van der Waals surface area (Å²) in [6.45, 7) is 1.90. The van der Waals surface area contributed by atoms with Gasteiger partial charge in [0, 0.05) is 41.1 Å². The lowest BCUT2D eigenvalue weighted by Crippen LogP contribution is -2.13. The zero-order chi connectivity index (χ0) is 24.2. The molecule has 3 aromatic carbocycles. The third kappa shape index (κ3) is 5.04. The number of amides is 1. The average molecular weight is 467 g/mol. The van der Waals surface area contributed by atoms with E-state index in [1.807, 2.05) is 37.3 Å². The highest BCUT2D eigenvalue weighted by Crippen LogP contribution is 2.32. The second kappa shape index (κ2) is 9.77. The number of hydrogen-bond donors (Lipinski definition) is 2. The van der Waals surface area contributed by atoms with Gasteiger partial charge >= 0.3 is 6.01 Å². The number of ether oxygens (including phenoxy) is 1. The first-order chi connectivity index (χ1) is 17.1. The number of halogens is 1. The largest absolute Gasteiger partial charge is 0.424 e. The Balaban J connectivity index is 1.30. The van der Waals surface area contributed by atoms with E-state index < -0.39 is 0 Å². The molecule has 6 nitrogen and oxygen atoms in total. The number of nitrogens with one attached hydrogen (secondary N) is 2. The number of H-pyrrole nitrogens is 1. The van der Waals surface area contributed by atoms with Crippen LogP contribution in [0.1, 0.15) is 17.5 Å². The molecule has 0 fully saturated rings. The highest BCUT2D eigenvalue weighted by molar-refractivity contribution is 5.94. The van der Waals surface area contributed by atoms with E-state index >= 15 is 0 Å². The van der Waals surface area contributed by atoms with Gasteiger partial charge in [0.1, 0.15) is 11.6 Å². The number of hydrogen-bond acceptors (Lipinski definition) is 4. The Hall–Kier alpha value is -4.52. The van der Waals surface area contributed by atoms with Crippen molar-refractivity contribution in [3.05, 3.63) is 102 Å². The number of carbonyl (C=O) groups excluding carboxylic acids is 1. The molecule has 1 amide bonds. The molecule has 0 aliphatic heterocycles. The fraction of sp³-hybridized carbons (Fsp3) is 0.107. The van der Waals surface area contributed by atoms with Crippen LogP contribution in [0.15, 0.2) is 85.2 Å². The molecule has 0 radical (unpaired) electrons. The molecule has 2 N–H and O–H groups in total. The molecule has 0 aliphatic carbocycles. The van der Waals surface area contributed by atoms with Crippen molar-refractivity contribution < 1.29 is 13.9 Å². The molecule has 0 spiro atoms. The molecule has 2 heterocycles. The zero-order valence-electron chi connectivity index (χ0n) is 19.1. The third-order valence-corrected chi connectivity index (χ3v) is 5.77. The van der Waals surface area contributed by atoms with Gasteiger partial charge in [0.15, 0.2) is 0 Å². The predicted molar refractivity (Wildman–Crippen MR) is 134 cm³/mol. The number of anilines is 1. The summed E-state index contributed by atoms with van der Waals surface area (Å²) in [7, 11) is 0. The van der Waals surface area contributed by atoms with Crippen LogP contribution in [-0.2, 0) is 11.2 Å². The van der Waals surface area contributed by atoms with Crippen LogP contribution in [0, 0.1) is 12.7 Å². The lowest BCUT2D eigenvalue weighted by Gasteiger charge is -2.11. The van der Waals surface area contributed by atoms with E-state index in [0.29, 0.717) is 24.3 Å². The summed E-state index contributed by atoms with van der Waals surface area (Å²) in [5.41, 5.74) is 5.38. The summed E-state index contributed by atoms with van der Waals surface area (Å²) >= 11 is 0. The maximum Gasteiger partial charge on any atom is 0.321 e. The minimum atomic E-state index is -0.283. The molecule has 0 aliphatic rings. The zero-order valence-corrected chi connectivity index (χ0v) is 19.1. The smallest absolute Gasteiger partial charge is 0.321 e. The normalized spacial score (nSPS) is 10.9. The molecule has 7 heteroatoms. The van der Waals surface area contributed by atoms with Crippen molar-refractivity contribution in [1.29, 1.82) is 0 Å². The lowest BCUT2D eigenvalue weighted by molar-refractivity contribution is -0.116. The van der Waals surface area contributed by atoms with Crippen molar-refractivity contribution in [2.75, 3.05) is 5.32 Å². The van der Waals surface area contributed by atoms with Gasteiger partial charge in [-0.1, -0.05) is 18.2 Å². The maximum atomic E-state index is 13.5. The van der Waals surface area contributed by atoms with E-state index in [1.54, 1.807) is 42.7 Å². The Kier molecular flexibility index (Phi) is 6.22. The minimum Gasteiger partial charge on any atom is -0.424 e. The second-order valence-corrected chi connectivity index (χ2v) is 8.19. The first-order valence-corrected chi connectivity index (χ1v) is 11.3. The Morgan fingerprint density at radius 3 is 2.54 bits per heavy atom. The molecule has 0 atom stereocenters. The number of carbonyl (C=O) groups is 1. The van der Waals surface area contributed by atoms with Gasteiger partial charge in [0.2, 0.25) is 5.91 Å². The van der Waals surface area contributed by atoms with Crippen molar-refractivity contribution in [3.8, 4) is 23.0 Å². The first-order valence-electron chi connectivity index (χ1n) is 11.3. The summed E-state index contributed by atoms with van der Waals surface area (Å²) in [5.74, 6) is 0.215. The number of nitrogens with zero attached hydrogens (tertiary/aromatic N) is 2. The lowest BCUT2D eigenvalue weighted by atomic mass is 10.0. The molecule has 5 rings (SSSR count). The van der Waals surface area contributed by atoms with E-state index in [1.165, 1.54) is 12.1 Å². The predicted octanol–water partition coefficient (Wildman–Crippen LogP) is 6.44. The van der Waals surface area contributed by atoms with Crippen molar-refractivity contribution >= 4 is 22.5 Å². The fourth-order valence-electron chi connectivity index (χ4n) is 4.06. The molecule has 174 valence electrons. The summed E-state index contributed by atoms with van der Waals surface area (Å²) in [6, 6.07) is 21.7. The number of aryl methyl sites for hydroxylation is 2. The molecular formula is C28H23FN4O2. The van der Waals surface area contributed by atoms with Crippen LogP contribution in [0.3, 0.4) is 0 Å². The van der Waals surface area contributed by atoms with Gasteiger partial charge in [-0.05, 0) is 84.6 Å². The molecule has 0 bridgehead atoms. The summed E-state index contributed by atoms with van der Waals surface area (Å²) in [4.78, 5) is 24.4. The first kappa shape index (κ1) is 22.3. The Bertz CT molecular complexity index is 1480. The number of aromatic amines is 1. The van der Waals surface area contributed by atoms with Gasteiger partial charge in [-0.3, -0.25) is 4.79 Å². The maximum absolute atomic E-state index is 13.5. The standard InChI is InChI=1S/C28H23FN4O2/c1-18-17-21(35-28-30-15-4-16-31-28)11-13-24(18)32-26(34)14-12-23-22-5-2-3-6-25(22)33-27(23)19-7-9-20(29)10-8-19/h2-11,13,15-17,33H,12,14H2,1H3,(H,32,34). The van der Waals surface area contributed by atoms with Crippen LogP contribution in [0.5, 0.6) is 11.8 Å². The van der Waals surface area contributed by atoms with Crippen LogP contribution in [0.4, 0.5) is 10.1 Å². The van der Waals surface area contributed by atoms with Gasteiger partial charge in [-0.25, -0.2) is 14.4 Å². The van der Waals surface area contributed by atoms with Crippen molar-refractivity contribution in [2.24, 2.45) is 0 Å². The molecule has 0 saturated carbocycles. The van der Waals surface area contributed by atoms with Crippen molar-refractivity contribution in [3.63, 3.8) is 0 Å². The second-order valence-electron chi connectivity index (χ2n) is 8.19. The van der Waals surface area contributed by atoms with Gasteiger partial charge in [-0.2, -0.15) is 0 Å². The van der Waals surface area contributed by atoms with Crippen LogP contribution in [0.25, 0.3) is 22.2 Å². The average Bonchev–Trinajstić information content (AvgIpc) is 3.24. The summed E-state index contributed by atoms with van der Waals surface area (Å²) in [5, 5.41) is 4.05. The molecule has 0 unspecified atom stereocenters. The van der Waals surface area contributed by atoms with Crippen molar-refractivity contribution in [2.45, 2.75) is 19.8 Å². The van der Waals surface area contributed by atoms with Crippen LogP contribution >= 0.6 is 0 Å². The van der Waals surface area contributed by atoms with E-state index in [2.05, 4.69) is 20.3 Å². The molecule has 35 heavy (non-hydrogen) atoms. The number of benzene rings is 3. The van der Waals surface area contributed by atoms with E-state index in [0.717, 1.165) is 33.3 Å². The topological polar surface area (TPSA) is 79.9 Å². The number of fused-ring (bicyclic) bond motifs is 1. The van der Waals surface area contributed by atoms with Gasteiger partial charge in [0.05, 0.1) is 0 Å². The monoisotopic (exact) mass is 466 g/mol. The number of rotatable bonds is 7.